The number of amides is 1. The smallest absolute Gasteiger partial charge is 0.237 e. The van der Waals surface area contributed by atoms with E-state index in [-0.39, 0.29) is 18.7 Å². The summed E-state index contributed by atoms with van der Waals surface area (Å²) >= 11 is 0. The fraction of sp³-hybridized carbons (Fsp3) is 0.500. The quantitative estimate of drug-likeness (QED) is 0.676. The van der Waals surface area contributed by atoms with Crippen LogP contribution in [0.2, 0.25) is 0 Å². The van der Waals surface area contributed by atoms with Crippen LogP contribution < -0.4 is 11.1 Å². The third-order valence-electron chi connectivity index (χ3n) is 2.21. The molecule has 7 nitrogen and oxygen atoms in total. The first-order valence-electron chi connectivity index (χ1n) is 5.36. The number of hydrogen-bond acceptors (Lipinski definition) is 6. The molecular weight excluding hydrogens is 256 g/mol. The van der Waals surface area contributed by atoms with E-state index >= 15 is 0 Å². The van der Waals surface area contributed by atoms with Gasteiger partial charge >= 0.3 is 0 Å². The largest absolute Gasteiger partial charge is 0.349 e. The van der Waals surface area contributed by atoms with Gasteiger partial charge in [0.1, 0.15) is 9.84 Å². The zero-order valence-corrected chi connectivity index (χ0v) is 10.9. The normalized spacial score (nSPS) is 13.0. The van der Waals surface area contributed by atoms with Crippen molar-refractivity contribution in [2.45, 2.75) is 19.0 Å². The van der Waals surface area contributed by atoms with E-state index in [1.807, 2.05) is 0 Å². The summed E-state index contributed by atoms with van der Waals surface area (Å²) in [5.41, 5.74) is 6.19. The molecule has 1 aromatic rings. The number of sulfone groups is 1. The second-order valence-corrected chi connectivity index (χ2v) is 6.22. The number of nitrogens with one attached hydrogen (secondary N) is 1. The van der Waals surface area contributed by atoms with Crippen molar-refractivity contribution in [2.24, 2.45) is 5.73 Å². The maximum absolute atomic E-state index is 11.6. The molecule has 0 bridgehead atoms. The highest BCUT2D eigenvalue weighted by Gasteiger charge is 2.15. The molecule has 1 heterocycles. The van der Waals surface area contributed by atoms with Gasteiger partial charge in [-0.3, -0.25) is 4.79 Å². The van der Waals surface area contributed by atoms with Crippen molar-refractivity contribution in [1.82, 2.24) is 15.5 Å². The number of hydrogen-bond donors (Lipinski definition) is 2. The molecule has 0 saturated carbocycles. The molecule has 0 aliphatic carbocycles. The van der Waals surface area contributed by atoms with Crippen molar-refractivity contribution in [1.29, 1.82) is 0 Å². The topological polar surface area (TPSA) is 115 Å². The second-order valence-electron chi connectivity index (χ2n) is 3.96. The van der Waals surface area contributed by atoms with Gasteiger partial charge in [0.25, 0.3) is 0 Å². The first kappa shape index (κ1) is 14.5. The molecule has 18 heavy (non-hydrogen) atoms. The van der Waals surface area contributed by atoms with Gasteiger partial charge in [-0.1, -0.05) is 0 Å². The molecular formula is C10H16N4O3S. The summed E-state index contributed by atoms with van der Waals surface area (Å²) in [7, 11) is -3.10. The number of nitrogens with zero attached hydrogens (tertiary/aromatic N) is 2. The van der Waals surface area contributed by atoms with Crippen molar-refractivity contribution in [3.63, 3.8) is 0 Å². The van der Waals surface area contributed by atoms with Gasteiger partial charge in [-0.15, -0.1) is 0 Å². The highest BCUT2D eigenvalue weighted by atomic mass is 32.2. The van der Waals surface area contributed by atoms with Crippen LogP contribution in [-0.2, 0) is 21.2 Å². The molecule has 1 atom stereocenters. The number of carbonyl (C=O) groups is 1. The predicted octanol–water partition coefficient (Wildman–Crippen LogP) is -1.15. The fourth-order valence-corrected chi connectivity index (χ4v) is 1.89. The lowest BCUT2D eigenvalue weighted by Crippen LogP contribution is -2.41. The van der Waals surface area contributed by atoms with E-state index in [0.717, 1.165) is 6.26 Å². The van der Waals surface area contributed by atoms with Crippen LogP contribution in [0.5, 0.6) is 0 Å². The Hall–Kier alpha value is -1.54. The van der Waals surface area contributed by atoms with Gasteiger partial charge in [-0.2, -0.15) is 10.2 Å². The molecule has 8 heteroatoms. The van der Waals surface area contributed by atoms with E-state index in [9.17, 15) is 13.2 Å². The monoisotopic (exact) mass is 272 g/mol. The third kappa shape index (κ3) is 5.69. The standard InChI is InChI=1S/C10H16N4O3S/c1-18(16,17)6-4-9(11)10(15)12-7-8-3-2-5-13-14-8/h2-3,5,9H,4,6-7,11H2,1H3,(H,12,15). The first-order chi connectivity index (χ1) is 8.38. The predicted molar refractivity (Wildman–Crippen MR) is 66.2 cm³/mol. The Labute approximate surface area is 106 Å². The average molecular weight is 272 g/mol. The van der Waals surface area contributed by atoms with Crippen LogP contribution in [0.3, 0.4) is 0 Å². The minimum atomic E-state index is -3.10. The summed E-state index contributed by atoms with van der Waals surface area (Å²) < 4.78 is 21.9. The highest BCUT2D eigenvalue weighted by Crippen LogP contribution is 1.95. The molecule has 1 amide bonds. The molecule has 0 aliphatic heterocycles. The van der Waals surface area contributed by atoms with E-state index in [1.165, 1.54) is 6.20 Å². The molecule has 100 valence electrons. The van der Waals surface area contributed by atoms with Gasteiger partial charge in [-0.05, 0) is 18.6 Å². The molecule has 0 fully saturated rings. The SMILES string of the molecule is CS(=O)(=O)CCC(N)C(=O)NCc1cccnn1. The van der Waals surface area contributed by atoms with Crippen molar-refractivity contribution >= 4 is 15.7 Å². The van der Waals surface area contributed by atoms with Gasteiger partial charge in [0.15, 0.2) is 0 Å². The van der Waals surface area contributed by atoms with Crippen LogP contribution in [0.4, 0.5) is 0 Å². The number of rotatable bonds is 6. The van der Waals surface area contributed by atoms with Gasteiger partial charge in [0.2, 0.25) is 5.91 Å². The lowest BCUT2D eigenvalue weighted by Gasteiger charge is -2.11. The van der Waals surface area contributed by atoms with Gasteiger partial charge in [0, 0.05) is 12.5 Å². The van der Waals surface area contributed by atoms with Crippen LogP contribution in [-0.4, -0.2) is 42.6 Å². The average Bonchev–Trinajstić information content (AvgIpc) is 2.33. The lowest BCUT2D eigenvalue weighted by molar-refractivity contribution is -0.122. The summed E-state index contributed by atoms with van der Waals surface area (Å²) in [4.78, 5) is 11.6. The Bertz CT molecular complexity index is 489. The van der Waals surface area contributed by atoms with Crippen molar-refractivity contribution in [3.05, 3.63) is 24.0 Å². The Balaban J connectivity index is 2.37. The summed E-state index contributed by atoms with van der Waals surface area (Å²) in [5, 5.41) is 10.0. The summed E-state index contributed by atoms with van der Waals surface area (Å²) in [6, 6.07) is 2.59. The van der Waals surface area contributed by atoms with E-state index in [1.54, 1.807) is 12.1 Å². The summed E-state index contributed by atoms with van der Waals surface area (Å²) in [6.07, 6.45) is 2.74. The molecule has 1 aromatic heterocycles. The van der Waals surface area contributed by atoms with Crippen LogP contribution in [0.25, 0.3) is 0 Å². The van der Waals surface area contributed by atoms with Crippen molar-refractivity contribution in [2.75, 3.05) is 12.0 Å². The van der Waals surface area contributed by atoms with Crippen LogP contribution in [0.1, 0.15) is 12.1 Å². The molecule has 0 aromatic carbocycles. The zero-order valence-electron chi connectivity index (χ0n) is 10.0. The fourth-order valence-electron chi connectivity index (χ4n) is 1.21. The molecule has 0 saturated heterocycles. The molecule has 0 radical (unpaired) electrons. The second kappa shape index (κ2) is 6.41. The van der Waals surface area contributed by atoms with Crippen molar-refractivity contribution in [3.8, 4) is 0 Å². The number of nitrogens with two attached hydrogens (primary N) is 1. The highest BCUT2D eigenvalue weighted by molar-refractivity contribution is 7.90. The third-order valence-corrected chi connectivity index (χ3v) is 3.18. The number of carbonyl (C=O) groups excluding carboxylic acids is 1. The summed E-state index contributed by atoms with van der Waals surface area (Å²) in [5.74, 6) is -0.503. The Kier molecular flexibility index (Phi) is 5.17. The Morgan fingerprint density at radius 1 is 1.56 bits per heavy atom. The van der Waals surface area contributed by atoms with Crippen molar-refractivity contribution < 1.29 is 13.2 Å². The van der Waals surface area contributed by atoms with E-state index in [2.05, 4.69) is 15.5 Å². The lowest BCUT2D eigenvalue weighted by atomic mass is 10.2. The van der Waals surface area contributed by atoms with Gasteiger partial charge < -0.3 is 11.1 Å². The van der Waals surface area contributed by atoms with E-state index < -0.39 is 21.8 Å². The molecule has 0 aliphatic rings. The Morgan fingerprint density at radius 3 is 2.83 bits per heavy atom. The van der Waals surface area contributed by atoms with E-state index in [4.69, 9.17) is 5.73 Å². The van der Waals surface area contributed by atoms with Crippen LogP contribution >= 0.6 is 0 Å². The van der Waals surface area contributed by atoms with Crippen LogP contribution in [0, 0.1) is 0 Å². The first-order valence-corrected chi connectivity index (χ1v) is 7.42. The van der Waals surface area contributed by atoms with Crippen LogP contribution in [0.15, 0.2) is 18.3 Å². The molecule has 1 unspecified atom stereocenters. The van der Waals surface area contributed by atoms with Gasteiger partial charge in [-0.25, -0.2) is 8.42 Å². The van der Waals surface area contributed by atoms with E-state index in [0.29, 0.717) is 5.69 Å². The summed E-state index contributed by atoms with van der Waals surface area (Å²) in [6.45, 7) is 0.221. The zero-order chi connectivity index (χ0) is 13.6. The minimum absolute atomic E-state index is 0.102. The maximum atomic E-state index is 11.6. The maximum Gasteiger partial charge on any atom is 0.237 e. The minimum Gasteiger partial charge on any atom is -0.349 e. The van der Waals surface area contributed by atoms with Gasteiger partial charge in [0.05, 0.1) is 24.0 Å². The molecule has 3 N–H and O–H groups in total. The number of aromatic nitrogens is 2. The molecule has 1 rings (SSSR count). The molecule has 0 spiro atoms. The Morgan fingerprint density at radius 2 is 2.28 bits per heavy atom.